The van der Waals surface area contributed by atoms with Gasteiger partial charge in [0.2, 0.25) is 0 Å². The highest BCUT2D eigenvalue weighted by atomic mass is 19.1. The van der Waals surface area contributed by atoms with Crippen LogP contribution in [-0.4, -0.2) is 39.2 Å². The molecule has 1 saturated heterocycles. The zero-order chi connectivity index (χ0) is 22.2. The molecule has 2 aromatic heterocycles. The van der Waals surface area contributed by atoms with Crippen molar-refractivity contribution in [2.75, 3.05) is 19.6 Å². The van der Waals surface area contributed by atoms with E-state index in [2.05, 4.69) is 17.0 Å². The molecular weight excluding hydrogens is 407 g/mol. The highest BCUT2D eigenvalue weighted by Gasteiger charge is 2.27. The van der Waals surface area contributed by atoms with E-state index in [-0.39, 0.29) is 11.4 Å². The lowest BCUT2D eigenvalue weighted by Gasteiger charge is -2.31. The van der Waals surface area contributed by atoms with Gasteiger partial charge in [-0.25, -0.2) is 9.37 Å². The number of piperidine rings is 1. The summed E-state index contributed by atoms with van der Waals surface area (Å²) in [7, 11) is 0. The van der Waals surface area contributed by atoms with Gasteiger partial charge in [-0.3, -0.25) is 9.36 Å². The second-order valence-corrected chi connectivity index (χ2v) is 9.31. The minimum absolute atomic E-state index is 0.168. The van der Waals surface area contributed by atoms with E-state index in [1.165, 1.54) is 12.1 Å². The number of aromatic nitrogens is 3. The van der Waals surface area contributed by atoms with Crippen LogP contribution >= 0.6 is 0 Å². The number of likely N-dealkylation sites (tertiary alicyclic amines) is 1. The van der Waals surface area contributed by atoms with Crippen molar-refractivity contribution in [3.05, 3.63) is 57.1 Å². The van der Waals surface area contributed by atoms with Crippen molar-refractivity contribution < 1.29 is 8.91 Å². The number of aryl methyl sites for hydroxylation is 1. The molecule has 0 bridgehead atoms. The van der Waals surface area contributed by atoms with Gasteiger partial charge >= 0.3 is 0 Å². The molecule has 0 N–H and O–H groups in total. The highest BCUT2D eigenvalue weighted by Crippen LogP contribution is 2.33. The molecule has 7 heteroatoms. The Morgan fingerprint density at radius 2 is 2.00 bits per heavy atom. The van der Waals surface area contributed by atoms with Crippen LogP contribution in [0, 0.1) is 12.7 Å². The minimum Gasteiger partial charge on any atom is -0.356 e. The second-order valence-electron chi connectivity index (χ2n) is 9.31. The fourth-order valence-electron chi connectivity index (χ4n) is 5.47. The third-order valence-electron chi connectivity index (χ3n) is 7.41. The molecule has 0 aliphatic carbocycles. The summed E-state index contributed by atoms with van der Waals surface area (Å²) in [6.07, 6.45) is 5.94. The van der Waals surface area contributed by atoms with Gasteiger partial charge in [0.05, 0.1) is 5.69 Å². The van der Waals surface area contributed by atoms with E-state index < -0.39 is 0 Å². The lowest BCUT2D eigenvalue weighted by Crippen LogP contribution is -2.37. The maximum Gasteiger partial charge on any atom is 0.256 e. The van der Waals surface area contributed by atoms with E-state index in [9.17, 15) is 9.18 Å². The number of hydrogen-bond acceptors (Lipinski definition) is 5. The topological polar surface area (TPSA) is 64.2 Å². The molecule has 0 amide bonds. The van der Waals surface area contributed by atoms with Crippen LogP contribution in [0.1, 0.15) is 73.6 Å². The maximum atomic E-state index is 13.4. The molecule has 0 saturated carbocycles. The Balaban J connectivity index is 1.24. The molecule has 2 aliphatic heterocycles. The van der Waals surface area contributed by atoms with Crippen LogP contribution in [-0.2, 0) is 13.0 Å². The smallest absolute Gasteiger partial charge is 0.256 e. The standard InChI is InChI=1S/C25H31FN4O2/c1-3-17-5-4-11-30-24(17)27-16(2)20(25(30)31)10-14-29-12-8-18(9-13-29)23-21-7-6-19(26)15-22(21)32-28-23/h6-7,15,17-18H,3-5,8-14H2,1-2H3. The summed E-state index contributed by atoms with van der Waals surface area (Å²) in [4.78, 5) is 20.5. The summed E-state index contributed by atoms with van der Waals surface area (Å²) in [6, 6.07) is 4.64. The molecule has 0 spiro atoms. The molecule has 1 atom stereocenters. The molecule has 170 valence electrons. The number of hydrogen-bond donors (Lipinski definition) is 0. The number of fused-ring (bicyclic) bond motifs is 2. The van der Waals surface area contributed by atoms with Gasteiger partial charge in [0, 0.05) is 47.6 Å². The molecule has 1 unspecified atom stereocenters. The fourth-order valence-corrected chi connectivity index (χ4v) is 5.47. The van der Waals surface area contributed by atoms with Gasteiger partial charge < -0.3 is 9.42 Å². The fraction of sp³-hybridized carbons (Fsp3) is 0.560. The molecule has 3 aromatic rings. The number of nitrogens with zero attached hydrogens (tertiary/aromatic N) is 4. The highest BCUT2D eigenvalue weighted by molar-refractivity contribution is 5.79. The van der Waals surface area contributed by atoms with Crippen molar-refractivity contribution >= 4 is 11.0 Å². The maximum absolute atomic E-state index is 13.4. The Morgan fingerprint density at radius 3 is 2.78 bits per heavy atom. The van der Waals surface area contributed by atoms with E-state index in [0.29, 0.717) is 17.4 Å². The monoisotopic (exact) mass is 438 g/mol. The van der Waals surface area contributed by atoms with Gasteiger partial charge in [-0.1, -0.05) is 12.1 Å². The number of halogens is 1. The molecule has 5 rings (SSSR count). The van der Waals surface area contributed by atoms with Crippen LogP contribution in [0.4, 0.5) is 4.39 Å². The summed E-state index contributed by atoms with van der Waals surface area (Å²) in [5.41, 5.74) is 3.40. The van der Waals surface area contributed by atoms with Crippen molar-refractivity contribution in [2.45, 2.75) is 70.8 Å². The third kappa shape index (κ3) is 3.87. The van der Waals surface area contributed by atoms with Crippen molar-refractivity contribution in [1.29, 1.82) is 0 Å². The predicted octanol–water partition coefficient (Wildman–Crippen LogP) is 4.54. The molecule has 2 aliphatic rings. The van der Waals surface area contributed by atoms with E-state index in [0.717, 1.165) is 92.9 Å². The van der Waals surface area contributed by atoms with Gasteiger partial charge in [0.15, 0.2) is 5.58 Å². The Labute approximate surface area is 187 Å². The number of benzene rings is 1. The quantitative estimate of drug-likeness (QED) is 0.585. The second kappa shape index (κ2) is 8.77. The van der Waals surface area contributed by atoms with Crippen molar-refractivity contribution in [3.8, 4) is 0 Å². The van der Waals surface area contributed by atoms with Crippen LogP contribution in [0.5, 0.6) is 0 Å². The zero-order valence-corrected chi connectivity index (χ0v) is 18.9. The van der Waals surface area contributed by atoms with Gasteiger partial charge in [-0.2, -0.15) is 0 Å². The first kappa shape index (κ1) is 21.3. The summed E-state index contributed by atoms with van der Waals surface area (Å²) in [5.74, 6) is 1.42. The van der Waals surface area contributed by atoms with Crippen LogP contribution in [0.2, 0.25) is 0 Å². The molecule has 1 aromatic carbocycles. The van der Waals surface area contributed by atoms with Crippen LogP contribution in [0.3, 0.4) is 0 Å². The molecule has 4 heterocycles. The first-order chi connectivity index (χ1) is 15.5. The predicted molar refractivity (Wildman–Crippen MR) is 122 cm³/mol. The lowest BCUT2D eigenvalue weighted by atomic mass is 9.91. The lowest BCUT2D eigenvalue weighted by molar-refractivity contribution is 0.211. The van der Waals surface area contributed by atoms with Crippen molar-refractivity contribution in [1.82, 2.24) is 19.6 Å². The molecule has 0 radical (unpaired) electrons. The molecule has 32 heavy (non-hydrogen) atoms. The zero-order valence-electron chi connectivity index (χ0n) is 18.9. The summed E-state index contributed by atoms with van der Waals surface area (Å²) >= 11 is 0. The largest absolute Gasteiger partial charge is 0.356 e. The third-order valence-corrected chi connectivity index (χ3v) is 7.41. The van der Waals surface area contributed by atoms with Crippen LogP contribution in [0.15, 0.2) is 27.5 Å². The van der Waals surface area contributed by atoms with Crippen molar-refractivity contribution in [3.63, 3.8) is 0 Å². The van der Waals surface area contributed by atoms with Crippen molar-refractivity contribution in [2.24, 2.45) is 0 Å². The van der Waals surface area contributed by atoms with E-state index in [1.54, 1.807) is 6.07 Å². The van der Waals surface area contributed by atoms with Crippen LogP contribution < -0.4 is 5.56 Å². The Morgan fingerprint density at radius 1 is 1.19 bits per heavy atom. The van der Waals surface area contributed by atoms with Crippen LogP contribution in [0.25, 0.3) is 11.0 Å². The molecule has 1 fully saturated rings. The van der Waals surface area contributed by atoms with Gasteiger partial charge in [-0.15, -0.1) is 0 Å². The SMILES string of the molecule is CCC1CCCn2c1nc(C)c(CCN1CCC(c3noc4cc(F)ccc34)CC1)c2=O. The number of rotatable bonds is 5. The van der Waals surface area contributed by atoms with E-state index >= 15 is 0 Å². The van der Waals surface area contributed by atoms with Gasteiger partial charge in [0.1, 0.15) is 11.6 Å². The summed E-state index contributed by atoms with van der Waals surface area (Å²) < 4.78 is 20.7. The first-order valence-electron chi connectivity index (χ1n) is 11.9. The Kier molecular flexibility index (Phi) is 5.84. The van der Waals surface area contributed by atoms with E-state index in [1.807, 2.05) is 11.5 Å². The summed E-state index contributed by atoms with van der Waals surface area (Å²) in [5, 5.41) is 5.16. The van der Waals surface area contributed by atoms with E-state index in [4.69, 9.17) is 9.51 Å². The molecular formula is C25H31FN4O2. The average Bonchev–Trinajstić information content (AvgIpc) is 3.22. The summed E-state index contributed by atoms with van der Waals surface area (Å²) in [6.45, 7) is 7.74. The normalized spacial score (nSPS) is 20.0. The minimum atomic E-state index is -0.303. The van der Waals surface area contributed by atoms with Gasteiger partial charge in [0.25, 0.3) is 5.56 Å². The average molecular weight is 439 g/mol. The molecule has 6 nitrogen and oxygen atoms in total. The Bertz CT molecular complexity index is 1180. The Hall–Kier alpha value is -2.54. The first-order valence-corrected chi connectivity index (χ1v) is 11.9. The van der Waals surface area contributed by atoms with Gasteiger partial charge in [-0.05, 0) is 70.7 Å².